The van der Waals surface area contributed by atoms with Crippen molar-refractivity contribution in [2.24, 2.45) is 5.10 Å². The first-order valence-electron chi connectivity index (χ1n) is 8.39. The Hall–Kier alpha value is -3.35. The first kappa shape index (κ1) is 20.0. The Labute approximate surface area is 158 Å². The minimum Gasteiger partial charge on any atom is -0.497 e. The lowest BCUT2D eigenvalue weighted by atomic mass is 10.1. The molecule has 0 spiro atoms. The summed E-state index contributed by atoms with van der Waals surface area (Å²) in [4.78, 5) is 24.0. The summed E-state index contributed by atoms with van der Waals surface area (Å²) >= 11 is 0. The number of benzene rings is 2. The topological polar surface area (TPSA) is 89.0 Å². The van der Waals surface area contributed by atoms with Crippen LogP contribution in [0.1, 0.15) is 18.9 Å². The zero-order valence-electron chi connectivity index (χ0n) is 15.6. The molecule has 2 rings (SSSR count). The van der Waals surface area contributed by atoms with Crippen LogP contribution in [0, 0.1) is 0 Å². The van der Waals surface area contributed by atoms with Crippen molar-refractivity contribution in [3.05, 3.63) is 54.1 Å². The maximum Gasteiger partial charge on any atom is 0.244 e. The van der Waals surface area contributed by atoms with Crippen LogP contribution in [-0.2, 0) is 16.0 Å². The number of carbonyl (C=O) groups is 2. The molecule has 0 aliphatic rings. The molecule has 0 saturated carbocycles. The quantitative estimate of drug-likeness (QED) is 0.553. The van der Waals surface area contributed by atoms with Crippen molar-refractivity contribution in [1.29, 1.82) is 0 Å². The summed E-state index contributed by atoms with van der Waals surface area (Å²) in [6.45, 7) is 1.68. The first-order valence-corrected chi connectivity index (χ1v) is 8.39. The van der Waals surface area contributed by atoms with Gasteiger partial charge in [-0.2, -0.15) is 5.10 Å². The maximum absolute atomic E-state index is 12.0. The van der Waals surface area contributed by atoms with E-state index in [-0.39, 0.29) is 24.7 Å². The number of hydrogen-bond donors (Lipinski definition) is 2. The zero-order valence-corrected chi connectivity index (χ0v) is 15.6. The molecule has 2 aromatic rings. The Morgan fingerprint density at radius 2 is 1.44 bits per heavy atom. The number of ether oxygens (including phenoxy) is 2. The minimum atomic E-state index is -0.255. The van der Waals surface area contributed by atoms with Gasteiger partial charge in [0, 0.05) is 11.4 Å². The Morgan fingerprint density at radius 3 is 2.00 bits per heavy atom. The van der Waals surface area contributed by atoms with Gasteiger partial charge in [0.1, 0.15) is 11.5 Å². The van der Waals surface area contributed by atoms with E-state index in [1.54, 1.807) is 57.5 Å². The van der Waals surface area contributed by atoms with Gasteiger partial charge in [-0.25, -0.2) is 5.43 Å². The summed E-state index contributed by atoms with van der Waals surface area (Å²) in [5, 5.41) is 6.74. The summed E-state index contributed by atoms with van der Waals surface area (Å²) in [6.07, 6.45) is 0.271. The van der Waals surface area contributed by atoms with Crippen LogP contribution in [0.5, 0.6) is 11.5 Å². The molecule has 0 radical (unpaired) electrons. The predicted octanol–water partition coefficient (Wildman–Crippen LogP) is 2.77. The average molecular weight is 369 g/mol. The number of hydrazone groups is 1. The molecule has 2 aromatic carbocycles. The van der Waals surface area contributed by atoms with Crippen LogP contribution in [0.4, 0.5) is 5.69 Å². The van der Waals surface area contributed by atoms with Gasteiger partial charge in [-0.3, -0.25) is 9.59 Å². The van der Waals surface area contributed by atoms with Gasteiger partial charge in [-0.15, -0.1) is 0 Å². The molecule has 0 fully saturated rings. The minimum absolute atomic E-state index is 0.0782. The Balaban J connectivity index is 1.79. The fourth-order valence-corrected chi connectivity index (χ4v) is 2.28. The van der Waals surface area contributed by atoms with Crippen molar-refractivity contribution >= 4 is 23.2 Å². The molecule has 0 bridgehead atoms. The second kappa shape index (κ2) is 9.96. The molecule has 0 unspecified atom stereocenters. The van der Waals surface area contributed by atoms with Gasteiger partial charge in [0.2, 0.25) is 11.8 Å². The van der Waals surface area contributed by atoms with Crippen molar-refractivity contribution in [1.82, 2.24) is 5.43 Å². The molecule has 0 aliphatic carbocycles. The fourth-order valence-electron chi connectivity index (χ4n) is 2.28. The van der Waals surface area contributed by atoms with Crippen LogP contribution in [0.25, 0.3) is 0 Å². The molecule has 142 valence electrons. The molecule has 0 aromatic heterocycles. The Bertz CT molecular complexity index is 799. The number of nitrogens with one attached hydrogen (secondary N) is 2. The molecule has 7 nitrogen and oxygen atoms in total. The summed E-state index contributed by atoms with van der Waals surface area (Å²) < 4.78 is 10.1. The number of amides is 2. The van der Waals surface area contributed by atoms with Crippen LogP contribution in [0.2, 0.25) is 0 Å². The molecule has 7 heteroatoms. The van der Waals surface area contributed by atoms with Crippen molar-refractivity contribution in [2.45, 2.75) is 19.8 Å². The normalized spacial score (nSPS) is 10.9. The lowest BCUT2D eigenvalue weighted by molar-refractivity contribution is -0.120. The number of hydrogen-bond acceptors (Lipinski definition) is 5. The third kappa shape index (κ3) is 6.81. The SMILES string of the molecule is COc1ccc(CC(=O)NN=C(C)CC(=O)Nc2ccc(OC)cc2)cc1. The van der Waals surface area contributed by atoms with Gasteiger partial charge in [0.05, 0.1) is 27.1 Å². The largest absolute Gasteiger partial charge is 0.497 e. The molecule has 0 aliphatic heterocycles. The highest BCUT2D eigenvalue weighted by molar-refractivity contribution is 6.05. The smallest absolute Gasteiger partial charge is 0.244 e. The summed E-state index contributed by atoms with van der Waals surface area (Å²) in [7, 11) is 3.17. The predicted molar refractivity (Wildman–Crippen MR) is 104 cm³/mol. The van der Waals surface area contributed by atoms with Crippen LogP contribution in [0.3, 0.4) is 0 Å². The van der Waals surface area contributed by atoms with Gasteiger partial charge < -0.3 is 14.8 Å². The highest BCUT2D eigenvalue weighted by atomic mass is 16.5. The number of anilines is 1. The van der Waals surface area contributed by atoms with E-state index in [0.717, 1.165) is 11.3 Å². The second-order valence-corrected chi connectivity index (χ2v) is 5.86. The second-order valence-electron chi connectivity index (χ2n) is 5.86. The molecular formula is C20H23N3O4. The van der Waals surface area contributed by atoms with Gasteiger partial charge >= 0.3 is 0 Å². The highest BCUT2D eigenvalue weighted by Crippen LogP contribution is 2.15. The first-order chi connectivity index (χ1) is 13.0. The monoisotopic (exact) mass is 369 g/mol. The van der Waals surface area contributed by atoms with Gasteiger partial charge in [0.15, 0.2) is 0 Å². The van der Waals surface area contributed by atoms with E-state index >= 15 is 0 Å². The molecule has 2 N–H and O–H groups in total. The molecule has 2 amide bonds. The summed E-state index contributed by atoms with van der Waals surface area (Å²) in [5.41, 5.74) is 4.48. The van der Waals surface area contributed by atoms with Crippen LogP contribution in [-0.4, -0.2) is 31.7 Å². The molecule has 0 saturated heterocycles. The number of rotatable bonds is 8. The third-order valence-corrected chi connectivity index (χ3v) is 3.69. The Kier molecular flexibility index (Phi) is 7.37. The number of nitrogens with zero attached hydrogens (tertiary/aromatic N) is 1. The van der Waals surface area contributed by atoms with E-state index in [2.05, 4.69) is 15.8 Å². The Morgan fingerprint density at radius 1 is 0.889 bits per heavy atom. The van der Waals surface area contributed by atoms with E-state index in [1.807, 2.05) is 12.1 Å². The number of methoxy groups -OCH3 is 2. The van der Waals surface area contributed by atoms with Crippen LogP contribution < -0.4 is 20.2 Å². The van der Waals surface area contributed by atoms with E-state index in [1.165, 1.54) is 0 Å². The zero-order chi connectivity index (χ0) is 19.6. The van der Waals surface area contributed by atoms with Crippen LogP contribution in [0.15, 0.2) is 53.6 Å². The average Bonchev–Trinajstić information content (AvgIpc) is 2.67. The van der Waals surface area contributed by atoms with Gasteiger partial charge in [-0.05, 0) is 48.9 Å². The van der Waals surface area contributed by atoms with Crippen molar-refractivity contribution in [2.75, 3.05) is 19.5 Å². The lowest BCUT2D eigenvalue weighted by Crippen LogP contribution is -2.22. The lowest BCUT2D eigenvalue weighted by Gasteiger charge is -2.07. The summed E-state index contributed by atoms with van der Waals surface area (Å²) in [5.74, 6) is 0.974. The molecule has 27 heavy (non-hydrogen) atoms. The van der Waals surface area contributed by atoms with E-state index in [0.29, 0.717) is 17.1 Å². The number of carbonyl (C=O) groups excluding carboxylic acids is 2. The van der Waals surface area contributed by atoms with Crippen molar-refractivity contribution in [3.8, 4) is 11.5 Å². The molecule has 0 heterocycles. The maximum atomic E-state index is 12.0. The van der Waals surface area contributed by atoms with Crippen molar-refractivity contribution < 1.29 is 19.1 Å². The van der Waals surface area contributed by atoms with E-state index < -0.39 is 0 Å². The standard InChI is InChI=1S/C20H23N3O4/c1-14(12-19(24)21-16-6-10-18(27-3)11-7-16)22-23-20(25)13-15-4-8-17(26-2)9-5-15/h4-11H,12-13H2,1-3H3,(H,21,24)(H,23,25). The van der Waals surface area contributed by atoms with Gasteiger partial charge in [0.25, 0.3) is 0 Å². The molecule has 0 atom stereocenters. The van der Waals surface area contributed by atoms with Crippen molar-refractivity contribution in [3.63, 3.8) is 0 Å². The molecular weight excluding hydrogens is 346 g/mol. The van der Waals surface area contributed by atoms with Gasteiger partial charge in [-0.1, -0.05) is 12.1 Å². The van der Waals surface area contributed by atoms with Crippen LogP contribution >= 0.6 is 0 Å². The third-order valence-electron chi connectivity index (χ3n) is 3.69. The fraction of sp³-hybridized carbons (Fsp3) is 0.250. The highest BCUT2D eigenvalue weighted by Gasteiger charge is 2.07. The summed E-state index contributed by atoms with van der Waals surface area (Å²) in [6, 6.07) is 14.2. The van der Waals surface area contributed by atoms with E-state index in [4.69, 9.17) is 9.47 Å². The van der Waals surface area contributed by atoms with E-state index in [9.17, 15) is 9.59 Å².